The molecule has 10 heavy (non-hydrogen) atoms. The lowest BCUT2D eigenvalue weighted by molar-refractivity contribution is -0.179. The molecule has 0 saturated carbocycles. The Balaban J connectivity index is 2.03. The van der Waals surface area contributed by atoms with Crippen molar-refractivity contribution in [1.29, 1.82) is 0 Å². The van der Waals surface area contributed by atoms with Crippen molar-refractivity contribution >= 4 is 0 Å². The molecule has 0 bridgehead atoms. The third-order valence-corrected chi connectivity index (χ3v) is 2.27. The van der Waals surface area contributed by atoms with Gasteiger partial charge in [-0.2, -0.15) is 0 Å². The quantitative estimate of drug-likeness (QED) is 0.525. The van der Waals surface area contributed by atoms with Crippen LogP contribution in [0, 0.1) is 5.92 Å². The molecule has 2 saturated heterocycles. The van der Waals surface area contributed by atoms with E-state index in [4.69, 9.17) is 9.47 Å². The molecule has 58 valence electrons. The molecule has 2 heterocycles. The average molecular weight is 144 g/mol. The first-order chi connectivity index (χ1) is 4.88. The van der Waals surface area contributed by atoms with Crippen LogP contribution in [0.4, 0.5) is 0 Å². The van der Waals surface area contributed by atoms with Crippen LogP contribution < -0.4 is 0 Å². The number of aliphatic hydroxyl groups is 1. The Bertz CT molecular complexity index is 126. The molecule has 2 aliphatic heterocycles. The van der Waals surface area contributed by atoms with Gasteiger partial charge in [0.05, 0.1) is 19.3 Å². The first-order valence-electron chi connectivity index (χ1n) is 3.79. The Morgan fingerprint density at radius 2 is 1.80 bits per heavy atom. The van der Waals surface area contributed by atoms with Crippen LogP contribution in [0.5, 0.6) is 0 Å². The van der Waals surface area contributed by atoms with Crippen LogP contribution >= 0.6 is 0 Å². The lowest BCUT2D eigenvalue weighted by Crippen LogP contribution is -2.36. The summed E-state index contributed by atoms with van der Waals surface area (Å²) in [6.07, 6.45) is 1.42. The smallest absolute Gasteiger partial charge is 0.162 e. The molecule has 0 aromatic heterocycles. The molecule has 0 aromatic rings. The molecule has 0 spiro atoms. The number of hydrogen-bond donors (Lipinski definition) is 1. The fourth-order valence-electron chi connectivity index (χ4n) is 1.64. The van der Waals surface area contributed by atoms with E-state index in [-0.39, 0.29) is 18.3 Å². The monoisotopic (exact) mass is 144 g/mol. The van der Waals surface area contributed by atoms with Gasteiger partial charge >= 0.3 is 0 Å². The zero-order valence-corrected chi connectivity index (χ0v) is 5.82. The van der Waals surface area contributed by atoms with Crippen LogP contribution in [-0.4, -0.2) is 30.7 Å². The van der Waals surface area contributed by atoms with E-state index in [1.807, 2.05) is 0 Å². The fourth-order valence-corrected chi connectivity index (χ4v) is 1.64. The van der Waals surface area contributed by atoms with Gasteiger partial charge in [-0.1, -0.05) is 0 Å². The third-order valence-electron chi connectivity index (χ3n) is 2.27. The zero-order chi connectivity index (χ0) is 6.97. The Hall–Kier alpha value is -0.120. The van der Waals surface area contributed by atoms with E-state index in [9.17, 15) is 5.11 Å². The van der Waals surface area contributed by atoms with E-state index < -0.39 is 0 Å². The number of hydrogen-bond acceptors (Lipinski definition) is 3. The number of rotatable bonds is 0. The largest absolute Gasteiger partial charge is 0.393 e. The summed E-state index contributed by atoms with van der Waals surface area (Å²) in [4.78, 5) is 0. The maximum absolute atomic E-state index is 9.42. The van der Waals surface area contributed by atoms with Crippen molar-refractivity contribution in [1.82, 2.24) is 0 Å². The number of ether oxygens (including phenoxy) is 2. The topological polar surface area (TPSA) is 38.7 Å². The number of aliphatic hydroxyl groups excluding tert-OH is 1. The predicted molar refractivity (Wildman–Crippen MR) is 34.4 cm³/mol. The van der Waals surface area contributed by atoms with E-state index in [0.29, 0.717) is 6.61 Å². The fraction of sp³-hybridized carbons (Fsp3) is 1.00. The Morgan fingerprint density at radius 3 is 2.50 bits per heavy atom. The molecule has 0 aliphatic carbocycles. The van der Waals surface area contributed by atoms with Crippen molar-refractivity contribution in [2.75, 3.05) is 13.2 Å². The van der Waals surface area contributed by atoms with Crippen molar-refractivity contribution in [3.8, 4) is 0 Å². The number of fused-ring (bicyclic) bond motifs is 1. The van der Waals surface area contributed by atoms with Gasteiger partial charge in [-0.15, -0.1) is 0 Å². The van der Waals surface area contributed by atoms with E-state index >= 15 is 0 Å². The first-order valence-corrected chi connectivity index (χ1v) is 3.79. The Morgan fingerprint density at radius 1 is 1.10 bits per heavy atom. The van der Waals surface area contributed by atoms with Gasteiger partial charge in [-0.3, -0.25) is 0 Å². The van der Waals surface area contributed by atoms with Crippen LogP contribution in [0.3, 0.4) is 0 Å². The van der Waals surface area contributed by atoms with Crippen molar-refractivity contribution in [3.05, 3.63) is 0 Å². The van der Waals surface area contributed by atoms with Gasteiger partial charge in [0.15, 0.2) is 6.29 Å². The maximum Gasteiger partial charge on any atom is 0.162 e. The molecule has 1 N–H and O–H groups in total. The molecule has 3 nitrogen and oxygen atoms in total. The van der Waals surface area contributed by atoms with Crippen molar-refractivity contribution < 1.29 is 14.6 Å². The molecule has 3 heteroatoms. The van der Waals surface area contributed by atoms with Gasteiger partial charge in [0, 0.05) is 5.92 Å². The summed E-state index contributed by atoms with van der Waals surface area (Å²) in [7, 11) is 0. The lowest BCUT2D eigenvalue weighted by Gasteiger charge is -2.28. The van der Waals surface area contributed by atoms with Gasteiger partial charge in [0.2, 0.25) is 0 Å². The molecule has 3 atom stereocenters. The van der Waals surface area contributed by atoms with Crippen molar-refractivity contribution in [2.45, 2.75) is 25.2 Å². The summed E-state index contributed by atoms with van der Waals surface area (Å²) in [5.74, 6) is 0.244. The highest BCUT2D eigenvalue weighted by atomic mass is 16.7. The normalized spacial score (nSPS) is 47.1. The molecule has 0 radical (unpaired) electrons. The highest BCUT2D eigenvalue weighted by Crippen LogP contribution is 2.30. The lowest BCUT2D eigenvalue weighted by atomic mass is 9.96. The zero-order valence-electron chi connectivity index (χ0n) is 5.82. The molecule has 3 unspecified atom stereocenters. The molecule has 2 aliphatic rings. The Kier molecular flexibility index (Phi) is 1.64. The average Bonchev–Trinajstić information content (AvgIpc) is 2.36. The standard InChI is InChI=1S/C7H12O3/c8-6-2-4-10-7-5(6)1-3-9-7/h5-8H,1-4H2. The minimum Gasteiger partial charge on any atom is -0.393 e. The van der Waals surface area contributed by atoms with Gasteiger partial charge in [0.25, 0.3) is 0 Å². The van der Waals surface area contributed by atoms with E-state index in [1.54, 1.807) is 0 Å². The first kappa shape index (κ1) is 6.58. The van der Waals surface area contributed by atoms with E-state index in [2.05, 4.69) is 0 Å². The van der Waals surface area contributed by atoms with Gasteiger partial charge in [-0.05, 0) is 12.8 Å². The minimum atomic E-state index is -0.193. The van der Waals surface area contributed by atoms with Crippen molar-refractivity contribution in [2.24, 2.45) is 5.92 Å². The highest BCUT2D eigenvalue weighted by molar-refractivity contribution is 4.80. The second-order valence-electron chi connectivity index (χ2n) is 2.92. The second-order valence-corrected chi connectivity index (χ2v) is 2.92. The predicted octanol–water partition coefficient (Wildman–Crippen LogP) is 0.130. The Labute approximate surface area is 59.9 Å². The van der Waals surface area contributed by atoms with Crippen LogP contribution in [-0.2, 0) is 9.47 Å². The molecule has 0 amide bonds. The van der Waals surface area contributed by atoms with E-state index in [1.165, 1.54) is 0 Å². The minimum absolute atomic E-state index is 0.108. The molecule has 2 fully saturated rings. The van der Waals surface area contributed by atoms with E-state index in [0.717, 1.165) is 19.4 Å². The molecular weight excluding hydrogens is 132 g/mol. The molecule has 0 aromatic carbocycles. The molecular formula is C7H12O3. The molecule has 2 rings (SSSR count). The summed E-state index contributed by atoms with van der Waals surface area (Å²) in [6.45, 7) is 1.38. The summed E-state index contributed by atoms with van der Waals surface area (Å²) in [6, 6.07) is 0. The SMILES string of the molecule is OC1CCOC2OCCC12. The summed E-state index contributed by atoms with van der Waals surface area (Å²) >= 11 is 0. The van der Waals surface area contributed by atoms with Gasteiger partial charge < -0.3 is 14.6 Å². The van der Waals surface area contributed by atoms with Crippen molar-refractivity contribution in [3.63, 3.8) is 0 Å². The van der Waals surface area contributed by atoms with Crippen LogP contribution in [0.1, 0.15) is 12.8 Å². The van der Waals surface area contributed by atoms with Crippen LogP contribution in [0.2, 0.25) is 0 Å². The summed E-state index contributed by atoms with van der Waals surface area (Å²) in [5, 5.41) is 9.42. The van der Waals surface area contributed by atoms with Crippen LogP contribution in [0.25, 0.3) is 0 Å². The maximum atomic E-state index is 9.42. The highest BCUT2D eigenvalue weighted by Gasteiger charge is 2.37. The third kappa shape index (κ3) is 0.944. The summed E-state index contributed by atoms with van der Waals surface area (Å²) < 4.78 is 10.5. The van der Waals surface area contributed by atoms with Gasteiger partial charge in [0.1, 0.15) is 0 Å². The second kappa shape index (κ2) is 2.49. The van der Waals surface area contributed by atoms with Crippen LogP contribution in [0.15, 0.2) is 0 Å². The van der Waals surface area contributed by atoms with Gasteiger partial charge in [-0.25, -0.2) is 0 Å². The summed E-state index contributed by atoms with van der Waals surface area (Å²) in [5.41, 5.74) is 0.